The summed E-state index contributed by atoms with van der Waals surface area (Å²) >= 11 is 7.56. The molecule has 0 spiro atoms. The van der Waals surface area contributed by atoms with Crippen LogP contribution in [0, 0.1) is 0 Å². The lowest BCUT2D eigenvalue weighted by atomic mass is 9.99. The number of methoxy groups -OCH3 is 1. The first kappa shape index (κ1) is 22.7. The number of esters is 1. The Hall–Kier alpha value is -3.46. The van der Waals surface area contributed by atoms with Crippen molar-refractivity contribution in [1.82, 2.24) is 4.57 Å². The van der Waals surface area contributed by atoms with E-state index < -0.39 is 17.5 Å². The molecule has 0 amide bonds. The second-order valence-corrected chi connectivity index (χ2v) is 8.58. The van der Waals surface area contributed by atoms with Crippen LogP contribution in [-0.2, 0) is 17.9 Å². The van der Waals surface area contributed by atoms with Crippen LogP contribution in [0.5, 0.6) is 0 Å². The number of aliphatic hydroxyl groups excluding tert-OH is 1. The second-order valence-electron chi connectivity index (χ2n) is 7.23. The first-order chi connectivity index (χ1) is 15.8. The van der Waals surface area contributed by atoms with Crippen molar-refractivity contribution >= 4 is 45.6 Å². The summed E-state index contributed by atoms with van der Waals surface area (Å²) in [6, 6.07) is 12.6. The van der Waals surface area contributed by atoms with Gasteiger partial charge in [0.1, 0.15) is 5.69 Å². The molecule has 0 radical (unpaired) electrons. The van der Waals surface area contributed by atoms with E-state index in [2.05, 4.69) is 0 Å². The minimum Gasteiger partial charge on any atom is -0.478 e. The van der Waals surface area contributed by atoms with Crippen LogP contribution in [0.4, 0.5) is 0 Å². The van der Waals surface area contributed by atoms with Crippen LogP contribution in [0.25, 0.3) is 21.2 Å². The van der Waals surface area contributed by atoms with Crippen LogP contribution in [0.3, 0.4) is 0 Å². The molecule has 0 aliphatic rings. The molecule has 0 aliphatic carbocycles. The number of rotatable bonds is 6. The number of aliphatic hydroxyl groups is 1. The highest BCUT2D eigenvalue weighted by Gasteiger charge is 2.26. The summed E-state index contributed by atoms with van der Waals surface area (Å²) in [4.78, 5) is 38.3. The summed E-state index contributed by atoms with van der Waals surface area (Å²) < 4.78 is 6.36. The molecule has 0 fully saturated rings. The molecule has 0 atom stereocenters. The fourth-order valence-electron chi connectivity index (χ4n) is 3.72. The maximum absolute atomic E-state index is 13.5. The minimum absolute atomic E-state index is 0.00850. The van der Waals surface area contributed by atoms with E-state index in [0.29, 0.717) is 37.4 Å². The molecule has 4 aromatic rings. The Morgan fingerprint density at radius 3 is 2.45 bits per heavy atom. The SMILES string of the molecule is COC(=O)c1c(-c2sccc2CO)c2cc(Cl)ccc2c(=O)n1Cc1ccc(C(=O)O)cc1. The van der Waals surface area contributed by atoms with Gasteiger partial charge in [0.05, 0.1) is 25.8 Å². The zero-order valence-corrected chi connectivity index (χ0v) is 18.9. The monoisotopic (exact) mass is 483 g/mol. The number of thiophene rings is 1. The fourth-order valence-corrected chi connectivity index (χ4v) is 4.87. The number of benzene rings is 2. The predicted octanol–water partition coefficient (Wildman–Crippen LogP) is 4.41. The van der Waals surface area contributed by atoms with Crippen molar-refractivity contribution < 1.29 is 24.5 Å². The smallest absolute Gasteiger partial charge is 0.355 e. The molecule has 0 saturated carbocycles. The molecule has 2 heterocycles. The van der Waals surface area contributed by atoms with Gasteiger partial charge in [-0.2, -0.15) is 0 Å². The molecular formula is C24H18ClNO6S. The average Bonchev–Trinajstić information content (AvgIpc) is 3.28. The maximum Gasteiger partial charge on any atom is 0.355 e. The molecule has 9 heteroatoms. The van der Waals surface area contributed by atoms with Gasteiger partial charge in [-0.25, -0.2) is 9.59 Å². The molecule has 0 saturated heterocycles. The zero-order valence-electron chi connectivity index (χ0n) is 17.4. The number of nitrogens with zero attached hydrogens (tertiary/aromatic N) is 1. The van der Waals surface area contributed by atoms with Crippen LogP contribution in [0.1, 0.15) is 32.0 Å². The lowest BCUT2D eigenvalue weighted by molar-refractivity contribution is 0.0588. The summed E-state index contributed by atoms with van der Waals surface area (Å²) in [7, 11) is 1.23. The van der Waals surface area contributed by atoms with Crippen molar-refractivity contribution in [2.75, 3.05) is 7.11 Å². The van der Waals surface area contributed by atoms with E-state index in [9.17, 15) is 19.5 Å². The molecule has 0 bridgehead atoms. The molecule has 168 valence electrons. The normalized spacial score (nSPS) is 11.0. The van der Waals surface area contributed by atoms with E-state index in [1.165, 1.54) is 35.1 Å². The van der Waals surface area contributed by atoms with Crippen molar-refractivity contribution in [3.8, 4) is 10.4 Å². The highest BCUT2D eigenvalue weighted by atomic mass is 35.5. The van der Waals surface area contributed by atoms with E-state index in [4.69, 9.17) is 21.4 Å². The molecule has 0 aliphatic heterocycles. The largest absolute Gasteiger partial charge is 0.478 e. The Morgan fingerprint density at radius 1 is 1.09 bits per heavy atom. The van der Waals surface area contributed by atoms with Gasteiger partial charge >= 0.3 is 11.9 Å². The lowest BCUT2D eigenvalue weighted by Crippen LogP contribution is -2.28. The minimum atomic E-state index is -1.06. The van der Waals surface area contributed by atoms with Gasteiger partial charge in [0.2, 0.25) is 0 Å². The summed E-state index contributed by atoms with van der Waals surface area (Å²) in [6.07, 6.45) is 0. The summed E-state index contributed by atoms with van der Waals surface area (Å²) in [5.41, 5.74) is 1.38. The number of hydrogen-bond acceptors (Lipinski definition) is 6. The van der Waals surface area contributed by atoms with E-state index in [1.807, 2.05) is 0 Å². The van der Waals surface area contributed by atoms with Gasteiger partial charge in [-0.15, -0.1) is 11.3 Å². The van der Waals surface area contributed by atoms with E-state index >= 15 is 0 Å². The first-order valence-electron chi connectivity index (χ1n) is 9.80. The summed E-state index contributed by atoms with van der Waals surface area (Å²) in [5, 5.41) is 22.0. The number of hydrogen-bond donors (Lipinski definition) is 2. The van der Waals surface area contributed by atoms with Gasteiger partial charge < -0.3 is 14.9 Å². The molecule has 33 heavy (non-hydrogen) atoms. The van der Waals surface area contributed by atoms with Crippen molar-refractivity contribution in [3.63, 3.8) is 0 Å². The molecule has 7 nitrogen and oxygen atoms in total. The quantitative estimate of drug-likeness (QED) is 0.393. The first-order valence-corrected chi connectivity index (χ1v) is 11.1. The van der Waals surface area contributed by atoms with Crippen LogP contribution in [-0.4, -0.2) is 33.8 Å². The van der Waals surface area contributed by atoms with Gasteiger partial charge in [0.15, 0.2) is 0 Å². The fraction of sp³-hybridized carbons (Fsp3) is 0.125. The van der Waals surface area contributed by atoms with Crippen molar-refractivity contribution in [2.24, 2.45) is 0 Å². The molecular weight excluding hydrogens is 466 g/mol. The van der Waals surface area contributed by atoms with E-state index in [-0.39, 0.29) is 24.4 Å². The number of aromatic carboxylic acids is 1. The highest BCUT2D eigenvalue weighted by Crippen LogP contribution is 2.38. The number of aromatic nitrogens is 1. The average molecular weight is 484 g/mol. The number of ether oxygens (including phenoxy) is 1. The van der Waals surface area contributed by atoms with E-state index in [0.717, 1.165) is 0 Å². The van der Waals surface area contributed by atoms with Crippen LogP contribution in [0.2, 0.25) is 5.02 Å². The van der Waals surface area contributed by atoms with Gasteiger partial charge in [-0.1, -0.05) is 23.7 Å². The van der Waals surface area contributed by atoms with Crippen molar-refractivity contribution in [3.05, 3.63) is 91.7 Å². The summed E-state index contributed by atoms with van der Waals surface area (Å²) in [6.45, 7) is -0.244. The molecule has 0 unspecified atom stereocenters. The molecule has 2 aromatic carbocycles. The van der Waals surface area contributed by atoms with Crippen LogP contribution in [0.15, 0.2) is 58.7 Å². The maximum atomic E-state index is 13.5. The molecule has 2 N–H and O–H groups in total. The van der Waals surface area contributed by atoms with Gasteiger partial charge in [0.25, 0.3) is 5.56 Å². The predicted molar refractivity (Wildman–Crippen MR) is 126 cm³/mol. The van der Waals surface area contributed by atoms with Crippen molar-refractivity contribution in [1.29, 1.82) is 0 Å². The van der Waals surface area contributed by atoms with Gasteiger partial charge in [-0.3, -0.25) is 9.36 Å². The number of carbonyl (C=O) groups is 2. The van der Waals surface area contributed by atoms with Crippen LogP contribution < -0.4 is 5.56 Å². The Bertz CT molecular complexity index is 1440. The zero-order chi connectivity index (χ0) is 23.7. The Balaban J connectivity index is 2.06. The third-order valence-corrected chi connectivity index (χ3v) is 6.51. The Labute approximate surface area is 197 Å². The molecule has 2 aromatic heterocycles. The van der Waals surface area contributed by atoms with Crippen molar-refractivity contribution in [2.45, 2.75) is 13.2 Å². The highest BCUT2D eigenvalue weighted by molar-refractivity contribution is 7.14. The van der Waals surface area contributed by atoms with E-state index in [1.54, 1.807) is 41.8 Å². The lowest BCUT2D eigenvalue weighted by Gasteiger charge is -2.19. The Morgan fingerprint density at radius 2 is 1.82 bits per heavy atom. The van der Waals surface area contributed by atoms with Gasteiger partial charge in [-0.05, 0) is 58.3 Å². The molecule has 4 rings (SSSR count). The third-order valence-electron chi connectivity index (χ3n) is 5.30. The Kier molecular flexibility index (Phi) is 6.33. The topological polar surface area (TPSA) is 106 Å². The standard InChI is InChI=1S/C24H18ClNO6S/c1-32-24(31)20-19(21-15(12-27)8-9-33-21)18-10-16(25)6-7-17(18)22(28)26(20)11-13-2-4-14(5-3-13)23(29)30/h2-10,27H,11-12H2,1H3,(H,29,30). The number of fused-ring (bicyclic) bond motifs is 1. The second kappa shape index (κ2) is 9.19. The third kappa shape index (κ3) is 4.16. The number of carboxylic acids is 1. The van der Waals surface area contributed by atoms with Gasteiger partial charge in [0, 0.05) is 20.8 Å². The summed E-state index contributed by atoms with van der Waals surface area (Å²) in [5.74, 6) is -1.78. The number of halogens is 1. The number of carboxylic acid groups (broad SMARTS) is 1. The van der Waals surface area contributed by atoms with Crippen LogP contribution >= 0.6 is 22.9 Å². The number of carbonyl (C=O) groups excluding carboxylic acids is 1. The number of pyridine rings is 1.